The number of pyridine rings is 2. The first-order valence-corrected chi connectivity index (χ1v) is 16.5. The van der Waals surface area contributed by atoms with E-state index in [1.807, 2.05) is 60.7 Å². The molecule has 0 aliphatic carbocycles. The summed E-state index contributed by atoms with van der Waals surface area (Å²) >= 11 is 0. The van der Waals surface area contributed by atoms with Gasteiger partial charge in [-0.1, -0.05) is 60.7 Å². The number of rotatable bonds is 0. The smallest absolute Gasteiger partial charge is 0.741 e. The largest absolute Gasteiger partial charge is 2.00 e. The number of nitrogens with zero attached hydrogens (tertiary/aromatic N) is 4. The van der Waals surface area contributed by atoms with Gasteiger partial charge in [0.15, 0.2) is 20.2 Å². The summed E-state index contributed by atoms with van der Waals surface area (Å²) in [5.41, 5.74) is -7.04. The van der Waals surface area contributed by atoms with Crippen LogP contribution in [-0.2, 0) is 45.2 Å². The molecule has 3 aliphatic rings. The van der Waals surface area contributed by atoms with Crippen LogP contribution in [0, 0.1) is 0 Å². The van der Waals surface area contributed by atoms with E-state index in [4.69, 9.17) is 45.9 Å². The zero-order valence-electron chi connectivity index (χ0n) is 25.8. The van der Waals surface area contributed by atoms with Gasteiger partial charge in [-0.25, -0.2) is 36.8 Å². The maximum atomic E-state index is 10.7. The van der Waals surface area contributed by atoms with E-state index in [0.29, 0.717) is 11.6 Å². The summed E-state index contributed by atoms with van der Waals surface area (Å²) < 4.78 is 118. The molecule has 7 N–H and O–H groups in total. The van der Waals surface area contributed by atoms with Gasteiger partial charge in [0.05, 0.1) is 0 Å². The number of anilines is 4. The van der Waals surface area contributed by atoms with Crippen LogP contribution in [0.1, 0.15) is 34.6 Å². The molecule has 24 heteroatoms. The second-order valence-electron chi connectivity index (χ2n) is 10.1. The quantitative estimate of drug-likeness (QED) is 0.0648. The minimum Gasteiger partial charge on any atom is -0.741 e. The molecule has 15 nitrogen and oxygen atoms in total. The molecule has 4 aromatic rings. The molecule has 0 unspecified atom stereocenters. The van der Waals surface area contributed by atoms with Gasteiger partial charge in [0.25, 0.3) is 0 Å². The molecular weight excluding hydrogens is 804 g/mol. The van der Waals surface area contributed by atoms with Crippen molar-refractivity contribution in [1.29, 1.82) is 0 Å². The Balaban J connectivity index is 0.000000343. The normalized spacial score (nSPS) is 16.9. The van der Waals surface area contributed by atoms with Crippen LogP contribution in [0.2, 0.25) is 0 Å². The Hall–Kier alpha value is -4.74. The molecule has 2 atom stereocenters. The summed E-state index contributed by atoms with van der Waals surface area (Å²) in [6.45, 7) is 0. The third-order valence-corrected chi connectivity index (χ3v) is 7.80. The van der Waals surface area contributed by atoms with Crippen molar-refractivity contribution in [3.8, 4) is 0 Å². The van der Waals surface area contributed by atoms with Crippen molar-refractivity contribution in [2.45, 2.75) is 23.3 Å². The maximum absolute atomic E-state index is 10.7. The molecule has 8 bridgehead atoms. The van der Waals surface area contributed by atoms with Crippen LogP contribution >= 0.6 is 0 Å². The molecule has 0 saturated carbocycles. The number of benzene rings is 2. The Labute approximate surface area is 303 Å². The molecule has 2 aromatic carbocycles. The molecule has 52 heavy (non-hydrogen) atoms. The molecule has 272 valence electrons. The van der Waals surface area contributed by atoms with Gasteiger partial charge in [-0.15, -0.1) is 0 Å². The molecule has 2 aromatic heterocycles. The summed E-state index contributed by atoms with van der Waals surface area (Å²) in [6.07, 6.45) is -0.519. The summed E-state index contributed by atoms with van der Waals surface area (Å²) in [6, 6.07) is 28.1. The monoisotopic (exact) mass is 825 g/mol. The van der Waals surface area contributed by atoms with Crippen molar-refractivity contribution in [1.82, 2.24) is 9.97 Å². The second-order valence-corrected chi connectivity index (χ2v) is 12.8. The Morgan fingerprint density at radius 2 is 0.846 bits per heavy atom. The first kappa shape index (κ1) is 41.7. The molecule has 0 fully saturated rings. The van der Waals surface area contributed by atoms with Gasteiger partial charge < -0.3 is 35.8 Å². The molecule has 7 rings (SSSR count). The van der Waals surface area contributed by atoms with Crippen molar-refractivity contribution in [3.63, 3.8) is 0 Å². The van der Waals surface area contributed by atoms with Crippen LogP contribution in [0.5, 0.6) is 0 Å². The van der Waals surface area contributed by atoms with E-state index in [1.165, 1.54) is 0 Å². The summed E-state index contributed by atoms with van der Waals surface area (Å²) in [5, 5.41) is 13.7. The predicted octanol–water partition coefficient (Wildman–Crippen LogP) is 3.93. The van der Waals surface area contributed by atoms with Gasteiger partial charge in [-0.2, -0.15) is 26.3 Å². The molecule has 0 saturated heterocycles. The summed E-state index contributed by atoms with van der Waals surface area (Å²) in [4.78, 5) is 19.4. The Morgan fingerprint density at radius 1 is 0.538 bits per heavy atom. The van der Waals surface area contributed by atoms with Gasteiger partial charge in [0, 0.05) is 22.3 Å². The zero-order chi connectivity index (χ0) is 36.5. The number of halogens is 6. The summed E-state index contributed by atoms with van der Waals surface area (Å²) in [5.74, 6) is 4.41. The number of nitrogens with one attached hydrogen (secondary N) is 4. The van der Waals surface area contributed by atoms with Crippen molar-refractivity contribution in [2.24, 2.45) is 9.98 Å². The van der Waals surface area contributed by atoms with Crippen LogP contribution in [0.25, 0.3) is 0 Å². The van der Waals surface area contributed by atoms with Gasteiger partial charge in [0.2, 0.25) is 0 Å². The van der Waals surface area contributed by atoms with Gasteiger partial charge in [-0.3, -0.25) is 0 Å². The maximum Gasteiger partial charge on any atom is 2.00 e. The first-order chi connectivity index (χ1) is 23.3. The van der Waals surface area contributed by atoms with E-state index in [9.17, 15) is 26.3 Å². The molecule has 0 amide bonds. The Kier molecular flexibility index (Phi) is 12.7. The van der Waals surface area contributed by atoms with Crippen LogP contribution in [0.15, 0.2) is 94.9 Å². The standard InChI is InChI=1S/C26H20N8.2CHF3O3S.H2O.Zn/c1-2-8-16-15(7-1)23-29-19-11-5-13-21(27-19)31-25-17-9-3-4-10-18(17)26(34-25)32-22-14-6-12-20(28-22)30-24(16)33-23;2*2-1(3,4)8(5,6)7;;/h1-14,23,26H,(H2,27,29,31,34)(H2,28,30,32,33);2*(H,5,6,7);1H2;/q;;;;+2/p-1/t23-,26-;;;;/m0..../s1. The van der Waals surface area contributed by atoms with E-state index in [0.717, 1.165) is 45.6 Å². The Morgan fingerprint density at radius 3 is 1.17 bits per heavy atom. The van der Waals surface area contributed by atoms with Crippen LogP contribution in [0.3, 0.4) is 0 Å². The fourth-order valence-corrected chi connectivity index (χ4v) is 4.55. The number of amidine groups is 2. The van der Waals surface area contributed by atoms with Crippen molar-refractivity contribution >= 4 is 55.2 Å². The second kappa shape index (κ2) is 15.9. The third kappa shape index (κ3) is 9.77. The predicted molar refractivity (Wildman–Crippen MR) is 171 cm³/mol. The van der Waals surface area contributed by atoms with Crippen molar-refractivity contribution < 1.29 is 77.2 Å². The SMILES string of the molecule is O=S(=O)([O-])C(F)(F)F.O=S(=O)([O-])C(F)(F)F.[OH3+].[Zn+2].c1cc2nc(c1)N[C@H]1N=C(Nc3cccc(n3)N[C@H]3N=C(N2)c2ccccc23)c2ccccc21. The molecular formula is C28H23F6N8O7S2Zn+. The minimum absolute atomic E-state index is 0. The van der Waals surface area contributed by atoms with Gasteiger partial charge in [-0.05, 0) is 24.3 Å². The molecule has 3 aliphatic heterocycles. The number of alkyl halides is 6. The average molecular weight is 827 g/mol. The van der Waals surface area contributed by atoms with Crippen molar-refractivity contribution in [3.05, 3.63) is 107 Å². The third-order valence-electron chi connectivity index (χ3n) is 6.66. The number of aliphatic imine (C=N–C) groups is 2. The molecule has 0 spiro atoms. The van der Waals surface area contributed by atoms with Crippen LogP contribution in [0.4, 0.5) is 49.6 Å². The van der Waals surface area contributed by atoms with E-state index in [1.54, 1.807) is 0 Å². The minimum atomic E-state index is -6.09. The fourth-order valence-electron chi connectivity index (χ4n) is 4.55. The van der Waals surface area contributed by atoms with E-state index < -0.39 is 31.3 Å². The number of hydrogen-bond donors (Lipinski definition) is 4. The molecule has 5 heterocycles. The number of hydrogen-bond acceptors (Lipinski definition) is 14. The zero-order valence-corrected chi connectivity index (χ0v) is 30.4. The number of fused-ring (bicyclic) bond motifs is 12. The van der Waals surface area contributed by atoms with Gasteiger partial charge in [0.1, 0.15) is 47.3 Å². The first-order valence-electron chi connectivity index (χ1n) is 13.7. The van der Waals surface area contributed by atoms with Crippen molar-refractivity contribution in [2.75, 3.05) is 21.3 Å². The van der Waals surface area contributed by atoms with E-state index >= 15 is 0 Å². The number of aromatic nitrogens is 2. The van der Waals surface area contributed by atoms with Crippen LogP contribution in [-0.4, -0.2) is 58.6 Å². The topological polar surface area (TPSA) is 246 Å². The van der Waals surface area contributed by atoms with E-state index in [-0.39, 0.29) is 37.3 Å². The van der Waals surface area contributed by atoms with E-state index in [2.05, 4.69) is 45.5 Å². The fraction of sp³-hybridized carbons (Fsp3) is 0.143. The average Bonchev–Trinajstić information content (AvgIpc) is 3.53. The summed E-state index contributed by atoms with van der Waals surface area (Å²) in [7, 11) is -12.2. The van der Waals surface area contributed by atoms with Crippen LogP contribution < -0.4 is 21.3 Å². The molecule has 0 radical (unpaired) electrons. The Bertz CT molecular complexity index is 2050. The van der Waals surface area contributed by atoms with Gasteiger partial charge >= 0.3 is 30.5 Å².